The van der Waals surface area contributed by atoms with Gasteiger partial charge in [-0.05, 0) is 42.2 Å². The zero-order chi connectivity index (χ0) is 19.2. The van der Waals surface area contributed by atoms with Gasteiger partial charge in [-0.3, -0.25) is 0 Å². The van der Waals surface area contributed by atoms with E-state index >= 15 is 0 Å². The highest BCUT2D eigenvalue weighted by atomic mass is 14.3. The van der Waals surface area contributed by atoms with Crippen molar-refractivity contribution in [2.75, 3.05) is 0 Å². The molecular formula is C27H38. The lowest BCUT2D eigenvalue weighted by atomic mass is 9.71. The van der Waals surface area contributed by atoms with Crippen molar-refractivity contribution in [2.45, 2.75) is 73.6 Å². The first-order valence-electron chi connectivity index (χ1n) is 10.0. The van der Waals surface area contributed by atoms with E-state index in [1.165, 1.54) is 45.9 Å². The SMILES string of the molecule is C.CCC.CCCC(C)(c1cccc(C)c1)c1cccc2cc(C)ccc12. The van der Waals surface area contributed by atoms with Crippen molar-refractivity contribution in [1.82, 2.24) is 0 Å². The second-order valence-corrected chi connectivity index (χ2v) is 7.69. The van der Waals surface area contributed by atoms with Gasteiger partial charge in [-0.2, -0.15) is 0 Å². The number of fused-ring (bicyclic) bond motifs is 1. The molecule has 0 heterocycles. The van der Waals surface area contributed by atoms with Gasteiger partial charge >= 0.3 is 0 Å². The fourth-order valence-electron chi connectivity index (χ4n) is 3.81. The fourth-order valence-corrected chi connectivity index (χ4v) is 3.81. The highest BCUT2D eigenvalue weighted by Gasteiger charge is 2.29. The van der Waals surface area contributed by atoms with E-state index in [4.69, 9.17) is 0 Å². The van der Waals surface area contributed by atoms with Crippen molar-refractivity contribution in [2.24, 2.45) is 0 Å². The Labute approximate surface area is 167 Å². The highest BCUT2D eigenvalue weighted by molar-refractivity contribution is 5.87. The predicted octanol–water partition coefficient (Wildman–Crippen LogP) is 8.62. The Morgan fingerprint density at radius 1 is 0.778 bits per heavy atom. The third-order valence-electron chi connectivity index (χ3n) is 5.04. The summed E-state index contributed by atoms with van der Waals surface area (Å²) in [6, 6.07) is 22.6. The quantitative estimate of drug-likeness (QED) is 0.435. The van der Waals surface area contributed by atoms with Gasteiger partial charge in [-0.1, -0.05) is 120 Å². The molecule has 0 bridgehead atoms. The Bertz CT molecular complexity index is 844. The summed E-state index contributed by atoms with van der Waals surface area (Å²) < 4.78 is 0. The van der Waals surface area contributed by atoms with E-state index in [1.807, 2.05) is 0 Å². The molecule has 0 N–H and O–H groups in total. The van der Waals surface area contributed by atoms with Crippen molar-refractivity contribution in [3.63, 3.8) is 0 Å². The summed E-state index contributed by atoms with van der Waals surface area (Å²) in [5, 5.41) is 2.73. The normalized spacial score (nSPS) is 12.5. The minimum Gasteiger partial charge on any atom is -0.0776 e. The van der Waals surface area contributed by atoms with Gasteiger partial charge in [0.25, 0.3) is 0 Å². The Hall–Kier alpha value is -2.08. The van der Waals surface area contributed by atoms with Crippen molar-refractivity contribution < 1.29 is 0 Å². The molecule has 0 aliphatic heterocycles. The van der Waals surface area contributed by atoms with Crippen LogP contribution in [-0.2, 0) is 5.41 Å². The predicted molar refractivity (Wildman–Crippen MR) is 124 cm³/mol. The molecule has 0 amide bonds. The van der Waals surface area contributed by atoms with Gasteiger partial charge in [-0.25, -0.2) is 0 Å². The van der Waals surface area contributed by atoms with Gasteiger partial charge < -0.3 is 0 Å². The first kappa shape index (κ1) is 23.0. The molecule has 3 aromatic carbocycles. The summed E-state index contributed by atoms with van der Waals surface area (Å²) in [6.45, 7) is 13.3. The van der Waals surface area contributed by atoms with Gasteiger partial charge in [0.2, 0.25) is 0 Å². The Kier molecular flexibility index (Phi) is 8.76. The van der Waals surface area contributed by atoms with E-state index in [2.05, 4.69) is 102 Å². The lowest BCUT2D eigenvalue weighted by Crippen LogP contribution is -2.24. The van der Waals surface area contributed by atoms with Crippen LogP contribution in [0.2, 0.25) is 0 Å². The van der Waals surface area contributed by atoms with Gasteiger partial charge in [0.05, 0.1) is 0 Å². The average molecular weight is 363 g/mol. The van der Waals surface area contributed by atoms with E-state index in [0.717, 1.165) is 6.42 Å². The summed E-state index contributed by atoms with van der Waals surface area (Å²) >= 11 is 0. The number of hydrogen-bond donors (Lipinski definition) is 0. The maximum atomic E-state index is 2.40. The van der Waals surface area contributed by atoms with Crippen LogP contribution in [-0.4, -0.2) is 0 Å². The minimum absolute atomic E-state index is 0. The molecule has 0 fully saturated rings. The van der Waals surface area contributed by atoms with Crippen LogP contribution in [0.15, 0.2) is 60.7 Å². The molecule has 0 heteroatoms. The van der Waals surface area contributed by atoms with E-state index in [9.17, 15) is 0 Å². The molecule has 0 radical (unpaired) electrons. The average Bonchev–Trinajstić information content (AvgIpc) is 2.61. The van der Waals surface area contributed by atoms with E-state index < -0.39 is 0 Å². The lowest BCUT2D eigenvalue weighted by Gasteiger charge is -2.32. The van der Waals surface area contributed by atoms with Crippen molar-refractivity contribution >= 4 is 10.8 Å². The number of hydrogen-bond acceptors (Lipinski definition) is 0. The Morgan fingerprint density at radius 2 is 1.41 bits per heavy atom. The van der Waals surface area contributed by atoms with E-state index in [1.54, 1.807) is 0 Å². The highest BCUT2D eigenvalue weighted by Crippen LogP contribution is 2.40. The molecule has 0 spiro atoms. The van der Waals surface area contributed by atoms with Crippen LogP contribution < -0.4 is 0 Å². The zero-order valence-corrected chi connectivity index (χ0v) is 17.4. The smallest absolute Gasteiger partial charge is 0.0180 e. The van der Waals surface area contributed by atoms with Crippen molar-refractivity contribution in [1.29, 1.82) is 0 Å². The van der Waals surface area contributed by atoms with Crippen molar-refractivity contribution in [3.8, 4) is 0 Å². The second-order valence-electron chi connectivity index (χ2n) is 7.69. The number of aryl methyl sites for hydroxylation is 2. The van der Waals surface area contributed by atoms with Crippen LogP contribution >= 0.6 is 0 Å². The molecule has 0 nitrogen and oxygen atoms in total. The molecule has 1 unspecified atom stereocenters. The second kappa shape index (κ2) is 10.3. The van der Waals surface area contributed by atoms with Gasteiger partial charge in [0.1, 0.15) is 0 Å². The molecule has 3 aromatic rings. The third kappa shape index (κ3) is 5.22. The number of rotatable bonds is 4. The van der Waals surface area contributed by atoms with Crippen molar-refractivity contribution in [3.05, 3.63) is 82.9 Å². The molecule has 146 valence electrons. The summed E-state index contributed by atoms with van der Waals surface area (Å²) in [4.78, 5) is 0. The van der Waals surface area contributed by atoms with Gasteiger partial charge in [0.15, 0.2) is 0 Å². The minimum atomic E-state index is 0. The molecular weight excluding hydrogens is 324 g/mol. The lowest BCUT2D eigenvalue weighted by molar-refractivity contribution is 0.515. The maximum absolute atomic E-state index is 2.40. The summed E-state index contributed by atoms with van der Waals surface area (Å²) in [6.07, 6.45) is 3.58. The van der Waals surface area contributed by atoms with Crippen LogP contribution in [0, 0.1) is 13.8 Å². The fraction of sp³-hybridized carbons (Fsp3) is 0.407. The number of benzene rings is 3. The van der Waals surface area contributed by atoms with E-state index in [0.29, 0.717) is 0 Å². The van der Waals surface area contributed by atoms with Crippen LogP contribution in [0.4, 0.5) is 0 Å². The summed E-state index contributed by atoms with van der Waals surface area (Å²) in [7, 11) is 0. The molecule has 0 saturated heterocycles. The largest absolute Gasteiger partial charge is 0.0776 e. The van der Waals surface area contributed by atoms with Gasteiger partial charge in [-0.15, -0.1) is 0 Å². The molecule has 0 saturated carbocycles. The van der Waals surface area contributed by atoms with Crippen LogP contribution in [0.1, 0.15) is 76.6 Å². The molecule has 1 atom stereocenters. The van der Waals surface area contributed by atoms with Gasteiger partial charge in [0, 0.05) is 5.41 Å². The first-order chi connectivity index (χ1) is 12.5. The van der Waals surface area contributed by atoms with Crippen LogP contribution in [0.25, 0.3) is 10.8 Å². The standard InChI is InChI=1S/C23H26.C3H8.CH4/c1-5-14-23(4,20-10-6-8-17(2)16-20)22-11-7-9-19-15-18(3)12-13-21(19)22;1-3-2;/h6-13,15-16H,5,14H2,1-4H3;3H2,1-2H3;1H4. The maximum Gasteiger partial charge on any atom is 0.0180 e. The molecule has 0 aliphatic rings. The first-order valence-corrected chi connectivity index (χ1v) is 10.0. The summed E-state index contributed by atoms with van der Waals surface area (Å²) in [5.41, 5.74) is 5.58. The molecule has 0 aromatic heterocycles. The van der Waals surface area contributed by atoms with Crippen LogP contribution in [0.3, 0.4) is 0 Å². The molecule has 3 rings (SSSR count). The topological polar surface area (TPSA) is 0 Å². The van der Waals surface area contributed by atoms with E-state index in [-0.39, 0.29) is 12.8 Å². The molecule has 27 heavy (non-hydrogen) atoms. The third-order valence-corrected chi connectivity index (χ3v) is 5.04. The summed E-state index contributed by atoms with van der Waals surface area (Å²) in [5.74, 6) is 0. The monoisotopic (exact) mass is 362 g/mol. The zero-order valence-electron chi connectivity index (χ0n) is 17.4. The molecule has 0 aliphatic carbocycles. The van der Waals surface area contributed by atoms with Crippen LogP contribution in [0.5, 0.6) is 0 Å². The Balaban J connectivity index is 0.000000855. The Morgan fingerprint density at radius 3 is 2.04 bits per heavy atom.